The van der Waals surface area contributed by atoms with Crippen LogP contribution in [0.5, 0.6) is 5.75 Å². The lowest BCUT2D eigenvalue weighted by molar-refractivity contribution is 0.289. The van der Waals surface area contributed by atoms with Crippen molar-refractivity contribution in [3.05, 3.63) is 59.9 Å². The van der Waals surface area contributed by atoms with Gasteiger partial charge in [-0.25, -0.2) is 4.39 Å². The highest BCUT2D eigenvalue weighted by molar-refractivity contribution is 5.58. The number of benzene rings is 1. The van der Waals surface area contributed by atoms with Crippen LogP contribution in [0.25, 0.3) is 11.3 Å². The van der Waals surface area contributed by atoms with Crippen LogP contribution in [-0.4, -0.2) is 9.78 Å². The summed E-state index contributed by atoms with van der Waals surface area (Å²) in [5, 5.41) is 4.13. The molecule has 1 aromatic carbocycles. The van der Waals surface area contributed by atoms with Gasteiger partial charge in [-0.1, -0.05) is 0 Å². The van der Waals surface area contributed by atoms with E-state index in [1.165, 1.54) is 6.07 Å². The Morgan fingerprint density at radius 1 is 1.33 bits per heavy atom. The summed E-state index contributed by atoms with van der Waals surface area (Å²) in [7, 11) is 1.86. The minimum Gasteiger partial charge on any atom is -0.486 e. The molecule has 2 aromatic heterocycles. The van der Waals surface area contributed by atoms with E-state index in [0.717, 1.165) is 11.3 Å². The van der Waals surface area contributed by atoms with Crippen LogP contribution in [0.15, 0.2) is 47.2 Å². The van der Waals surface area contributed by atoms with Gasteiger partial charge in [0.05, 0.1) is 12.5 Å². The molecule has 0 bridgehead atoms. The normalized spacial score (nSPS) is 10.8. The highest BCUT2D eigenvalue weighted by Crippen LogP contribution is 2.26. The minimum absolute atomic E-state index is 0.216. The molecule has 0 radical (unpaired) electrons. The Morgan fingerprint density at radius 2 is 2.19 bits per heavy atom. The number of rotatable bonds is 4. The number of aryl methyl sites for hydroxylation is 1. The maximum atomic E-state index is 14.1. The molecule has 0 unspecified atom stereocenters. The third-order valence-electron chi connectivity index (χ3n) is 3.46. The standard InChI is InChI=1S/C16H15FN2O2/c1-11-13(9-18-19(11)2)10-21-16-6-5-12(8-14(16)17)15-4-3-7-20-15/h3-9H,10H2,1-2H3. The molecule has 0 atom stereocenters. The number of furan rings is 1. The van der Waals surface area contributed by atoms with Crippen molar-refractivity contribution in [3.8, 4) is 17.1 Å². The van der Waals surface area contributed by atoms with Crippen LogP contribution in [0.2, 0.25) is 0 Å². The van der Waals surface area contributed by atoms with Crippen LogP contribution in [0.4, 0.5) is 4.39 Å². The molecule has 0 amide bonds. The Hall–Kier alpha value is -2.56. The lowest BCUT2D eigenvalue weighted by Gasteiger charge is -2.08. The summed E-state index contributed by atoms with van der Waals surface area (Å²) in [6, 6.07) is 8.34. The van der Waals surface area contributed by atoms with Crippen LogP contribution >= 0.6 is 0 Å². The average molecular weight is 286 g/mol. The van der Waals surface area contributed by atoms with Crippen LogP contribution in [0.1, 0.15) is 11.3 Å². The van der Waals surface area contributed by atoms with Gasteiger partial charge in [0.15, 0.2) is 11.6 Å². The van der Waals surface area contributed by atoms with E-state index >= 15 is 0 Å². The molecule has 0 fully saturated rings. The summed E-state index contributed by atoms with van der Waals surface area (Å²) in [6.45, 7) is 2.23. The van der Waals surface area contributed by atoms with Crippen LogP contribution < -0.4 is 4.74 Å². The second kappa shape index (κ2) is 5.44. The van der Waals surface area contributed by atoms with E-state index in [4.69, 9.17) is 9.15 Å². The summed E-state index contributed by atoms with van der Waals surface area (Å²) in [4.78, 5) is 0. The monoisotopic (exact) mass is 286 g/mol. The Morgan fingerprint density at radius 3 is 2.81 bits per heavy atom. The number of nitrogens with zero attached hydrogens (tertiary/aromatic N) is 2. The van der Waals surface area contributed by atoms with E-state index in [-0.39, 0.29) is 12.4 Å². The van der Waals surface area contributed by atoms with Crippen molar-refractivity contribution in [3.63, 3.8) is 0 Å². The second-order valence-corrected chi connectivity index (χ2v) is 4.79. The molecule has 4 nitrogen and oxygen atoms in total. The highest BCUT2D eigenvalue weighted by atomic mass is 19.1. The Bertz CT molecular complexity index is 748. The van der Waals surface area contributed by atoms with E-state index in [1.807, 2.05) is 14.0 Å². The zero-order valence-corrected chi connectivity index (χ0v) is 11.8. The quantitative estimate of drug-likeness (QED) is 0.734. The zero-order chi connectivity index (χ0) is 14.8. The second-order valence-electron chi connectivity index (χ2n) is 4.79. The van der Waals surface area contributed by atoms with Gasteiger partial charge in [0, 0.05) is 23.9 Å². The number of ether oxygens (including phenoxy) is 1. The average Bonchev–Trinajstić information content (AvgIpc) is 3.11. The van der Waals surface area contributed by atoms with Gasteiger partial charge in [-0.2, -0.15) is 5.10 Å². The molecule has 0 aliphatic heterocycles. The van der Waals surface area contributed by atoms with Gasteiger partial charge in [0.2, 0.25) is 0 Å². The molecule has 2 heterocycles. The Balaban J connectivity index is 1.76. The maximum Gasteiger partial charge on any atom is 0.165 e. The van der Waals surface area contributed by atoms with Crippen molar-refractivity contribution < 1.29 is 13.5 Å². The van der Waals surface area contributed by atoms with Crippen LogP contribution in [0.3, 0.4) is 0 Å². The summed E-state index contributed by atoms with van der Waals surface area (Å²) >= 11 is 0. The number of hydrogen-bond donors (Lipinski definition) is 0. The third-order valence-corrected chi connectivity index (χ3v) is 3.46. The topological polar surface area (TPSA) is 40.2 Å². The molecule has 3 rings (SSSR count). The first-order valence-corrected chi connectivity index (χ1v) is 6.59. The molecule has 0 aliphatic carbocycles. The van der Waals surface area contributed by atoms with Gasteiger partial charge in [-0.05, 0) is 37.3 Å². The smallest absolute Gasteiger partial charge is 0.165 e. The highest BCUT2D eigenvalue weighted by Gasteiger charge is 2.10. The van der Waals surface area contributed by atoms with Gasteiger partial charge in [0.25, 0.3) is 0 Å². The molecule has 108 valence electrons. The third kappa shape index (κ3) is 2.67. The molecule has 0 saturated carbocycles. The van der Waals surface area contributed by atoms with Gasteiger partial charge in [-0.3, -0.25) is 4.68 Å². The fourth-order valence-electron chi connectivity index (χ4n) is 2.06. The lowest BCUT2D eigenvalue weighted by Crippen LogP contribution is -2.00. The van der Waals surface area contributed by atoms with Gasteiger partial charge < -0.3 is 9.15 Å². The van der Waals surface area contributed by atoms with E-state index in [1.54, 1.807) is 41.4 Å². The number of hydrogen-bond acceptors (Lipinski definition) is 3. The summed E-state index contributed by atoms with van der Waals surface area (Å²) in [5.41, 5.74) is 2.62. The first kappa shape index (κ1) is 13.4. The van der Waals surface area contributed by atoms with Crippen molar-refractivity contribution in [2.45, 2.75) is 13.5 Å². The summed E-state index contributed by atoms with van der Waals surface area (Å²) < 4.78 is 26.6. The van der Waals surface area contributed by atoms with E-state index in [9.17, 15) is 4.39 Å². The zero-order valence-electron chi connectivity index (χ0n) is 11.8. The molecule has 0 saturated heterocycles. The van der Waals surface area contributed by atoms with Gasteiger partial charge >= 0.3 is 0 Å². The van der Waals surface area contributed by atoms with Crippen molar-refractivity contribution in [1.82, 2.24) is 9.78 Å². The van der Waals surface area contributed by atoms with E-state index in [2.05, 4.69) is 5.10 Å². The maximum absolute atomic E-state index is 14.1. The molecule has 21 heavy (non-hydrogen) atoms. The fourth-order valence-corrected chi connectivity index (χ4v) is 2.06. The predicted octanol–water partition coefficient (Wildman–Crippen LogP) is 3.71. The van der Waals surface area contributed by atoms with E-state index in [0.29, 0.717) is 11.3 Å². The largest absolute Gasteiger partial charge is 0.486 e. The van der Waals surface area contributed by atoms with Crippen molar-refractivity contribution in [1.29, 1.82) is 0 Å². The van der Waals surface area contributed by atoms with Gasteiger partial charge in [0.1, 0.15) is 12.4 Å². The summed E-state index contributed by atoms with van der Waals surface area (Å²) in [5.74, 6) is 0.433. The molecule has 0 aliphatic rings. The Kier molecular flexibility index (Phi) is 3.48. The number of aromatic nitrogens is 2. The first-order valence-electron chi connectivity index (χ1n) is 6.59. The lowest BCUT2D eigenvalue weighted by atomic mass is 10.1. The van der Waals surface area contributed by atoms with Crippen LogP contribution in [-0.2, 0) is 13.7 Å². The fraction of sp³-hybridized carbons (Fsp3) is 0.188. The first-order chi connectivity index (χ1) is 10.1. The molecule has 5 heteroatoms. The number of halogens is 1. The van der Waals surface area contributed by atoms with Gasteiger partial charge in [-0.15, -0.1) is 0 Å². The van der Waals surface area contributed by atoms with Crippen molar-refractivity contribution >= 4 is 0 Å². The van der Waals surface area contributed by atoms with E-state index < -0.39 is 5.82 Å². The minimum atomic E-state index is -0.412. The molecule has 0 spiro atoms. The Labute approximate surface area is 121 Å². The molecule has 0 N–H and O–H groups in total. The molecular weight excluding hydrogens is 271 g/mol. The SMILES string of the molecule is Cc1c(COc2ccc(-c3ccco3)cc2F)cnn1C. The van der Waals surface area contributed by atoms with Crippen molar-refractivity contribution in [2.24, 2.45) is 7.05 Å². The molecule has 3 aromatic rings. The van der Waals surface area contributed by atoms with Crippen molar-refractivity contribution in [2.75, 3.05) is 0 Å². The predicted molar refractivity (Wildman–Crippen MR) is 76.4 cm³/mol. The molecular formula is C16H15FN2O2. The summed E-state index contributed by atoms with van der Waals surface area (Å²) in [6.07, 6.45) is 3.29. The van der Waals surface area contributed by atoms with Crippen LogP contribution in [0, 0.1) is 12.7 Å².